The van der Waals surface area contributed by atoms with Crippen LogP contribution in [0.25, 0.3) is 20.8 Å². The third kappa shape index (κ3) is 3.99. The van der Waals surface area contributed by atoms with Gasteiger partial charge in [-0.25, -0.2) is 4.98 Å². The lowest BCUT2D eigenvalue weighted by Crippen LogP contribution is -2.16. The lowest BCUT2D eigenvalue weighted by molar-refractivity contribution is -0.113. The number of carbonyl (C=O) groups is 1. The van der Waals surface area contributed by atoms with Crippen LogP contribution >= 0.6 is 23.1 Å². The van der Waals surface area contributed by atoms with Crippen LogP contribution in [-0.2, 0) is 4.79 Å². The maximum Gasteiger partial charge on any atom is 0.234 e. The van der Waals surface area contributed by atoms with E-state index in [1.54, 1.807) is 11.3 Å². The number of fused-ring (bicyclic) bond motifs is 2. The van der Waals surface area contributed by atoms with E-state index in [2.05, 4.69) is 11.4 Å². The van der Waals surface area contributed by atoms with E-state index in [0.29, 0.717) is 19.0 Å². The quantitative estimate of drug-likeness (QED) is 0.422. The van der Waals surface area contributed by atoms with Gasteiger partial charge in [0.15, 0.2) is 11.5 Å². The summed E-state index contributed by atoms with van der Waals surface area (Å²) < 4.78 is 12.3. The first kappa shape index (κ1) is 19.0. The highest BCUT2D eigenvalue weighted by molar-refractivity contribution is 8.00. The van der Waals surface area contributed by atoms with Crippen molar-refractivity contribution in [3.63, 3.8) is 0 Å². The second kappa shape index (κ2) is 8.38. The maximum absolute atomic E-state index is 12.6. The van der Waals surface area contributed by atoms with Crippen LogP contribution in [0.15, 0.2) is 71.6 Å². The number of hydrogen-bond acceptors (Lipinski definition) is 6. The zero-order valence-electron chi connectivity index (χ0n) is 16.0. The van der Waals surface area contributed by atoms with E-state index in [1.807, 2.05) is 60.7 Å². The standard InChI is InChI=1S/C23H18N2O3S2/c26-22(14-29-15-9-10-19-20(13-15)28-12-11-27-19)24-17-6-2-1-5-16(17)23-25-18-7-3-4-8-21(18)30-23/h1-10,13H,11-12,14H2,(H,24,26). The van der Waals surface area contributed by atoms with Gasteiger partial charge in [-0.15, -0.1) is 23.1 Å². The van der Waals surface area contributed by atoms with Crippen molar-refractivity contribution >= 4 is 44.9 Å². The number of nitrogens with one attached hydrogen (secondary N) is 1. The first-order chi connectivity index (χ1) is 14.8. The minimum absolute atomic E-state index is 0.0662. The molecular formula is C23H18N2O3S2. The molecule has 1 aromatic heterocycles. The van der Waals surface area contributed by atoms with Crippen LogP contribution in [0.3, 0.4) is 0 Å². The molecule has 3 aromatic carbocycles. The predicted molar refractivity (Wildman–Crippen MR) is 122 cm³/mol. The number of para-hydroxylation sites is 2. The van der Waals surface area contributed by atoms with Crippen molar-refractivity contribution in [2.24, 2.45) is 0 Å². The fourth-order valence-electron chi connectivity index (χ4n) is 3.21. The molecule has 0 saturated heterocycles. The van der Waals surface area contributed by atoms with Crippen LogP contribution in [0, 0.1) is 0 Å². The predicted octanol–water partition coefficient (Wildman–Crippen LogP) is 5.47. The van der Waals surface area contributed by atoms with Crippen LogP contribution in [-0.4, -0.2) is 29.9 Å². The van der Waals surface area contributed by atoms with Crippen LogP contribution in [0.1, 0.15) is 0 Å². The van der Waals surface area contributed by atoms with Gasteiger partial charge in [-0.2, -0.15) is 0 Å². The molecular weight excluding hydrogens is 416 g/mol. The molecule has 1 aliphatic heterocycles. The van der Waals surface area contributed by atoms with Crippen molar-refractivity contribution < 1.29 is 14.3 Å². The number of carbonyl (C=O) groups excluding carboxylic acids is 1. The van der Waals surface area contributed by atoms with Gasteiger partial charge in [0.25, 0.3) is 0 Å². The Labute approximate surface area is 182 Å². The fraction of sp³-hybridized carbons (Fsp3) is 0.130. The molecule has 0 fully saturated rings. The molecule has 0 bridgehead atoms. The maximum atomic E-state index is 12.6. The van der Waals surface area contributed by atoms with E-state index in [9.17, 15) is 4.79 Å². The van der Waals surface area contributed by atoms with Crippen LogP contribution in [0.5, 0.6) is 11.5 Å². The Hall–Kier alpha value is -3.03. The summed E-state index contributed by atoms with van der Waals surface area (Å²) in [6, 6.07) is 21.6. The van der Waals surface area contributed by atoms with Crippen molar-refractivity contribution in [1.29, 1.82) is 0 Å². The number of ether oxygens (including phenoxy) is 2. The third-order valence-electron chi connectivity index (χ3n) is 4.61. The number of amides is 1. The van der Waals surface area contributed by atoms with Gasteiger partial charge >= 0.3 is 0 Å². The van der Waals surface area contributed by atoms with E-state index in [1.165, 1.54) is 11.8 Å². The Morgan fingerprint density at radius 1 is 1.00 bits per heavy atom. The highest BCUT2D eigenvalue weighted by Gasteiger charge is 2.14. The van der Waals surface area contributed by atoms with Crippen molar-refractivity contribution in [3.8, 4) is 22.1 Å². The number of hydrogen-bond donors (Lipinski definition) is 1. The number of benzene rings is 3. The summed E-state index contributed by atoms with van der Waals surface area (Å²) in [6.45, 7) is 1.11. The zero-order chi connectivity index (χ0) is 20.3. The van der Waals surface area contributed by atoms with Crippen LogP contribution in [0.4, 0.5) is 5.69 Å². The molecule has 5 rings (SSSR count). The van der Waals surface area contributed by atoms with E-state index < -0.39 is 0 Å². The number of thiazole rings is 1. The summed E-state index contributed by atoms with van der Waals surface area (Å²) >= 11 is 3.09. The number of rotatable bonds is 5. The van der Waals surface area contributed by atoms with Gasteiger partial charge in [-0.3, -0.25) is 4.79 Å². The first-order valence-electron chi connectivity index (χ1n) is 9.53. The van der Waals surface area contributed by atoms with Gasteiger partial charge in [-0.05, 0) is 42.5 Å². The summed E-state index contributed by atoms with van der Waals surface area (Å²) in [5.74, 6) is 1.71. The number of nitrogens with zero attached hydrogens (tertiary/aromatic N) is 1. The molecule has 5 nitrogen and oxygen atoms in total. The number of anilines is 1. The van der Waals surface area contributed by atoms with Gasteiger partial charge in [0.2, 0.25) is 5.91 Å². The molecule has 0 atom stereocenters. The lowest BCUT2D eigenvalue weighted by Gasteiger charge is -2.18. The lowest BCUT2D eigenvalue weighted by atomic mass is 10.2. The Morgan fingerprint density at radius 2 is 1.80 bits per heavy atom. The molecule has 4 aromatic rings. The topological polar surface area (TPSA) is 60.5 Å². The molecule has 0 spiro atoms. The van der Waals surface area contributed by atoms with Crippen molar-refractivity contribution in [2.75, 3.05) is 24.3 Å². The van der Waals surface area contributed by atoms with Gasteiger partial charge in [0, 0.05) is 10.5 Å². The number of aromatic nitrogens is 1. The third-order valence-corrected chi connectivity index (χ3v) is 6.67. The normalized spacial score (nSPS) is 12.7. The fourth-order valence-corrected chi connectivity index (χ4v) is 4.94. The van der Waals surface area contributed by atoms with Gasteiger partial charge < -0.3 is 14.8 Å². The largest absolute Gasteiger partial charge is 0.486 e. The van der Waals surface area contributed by atoms with E-state index >= 15 is 0 Å². The summed E-state index contributed by atoms with van der Waals surface area (Å²) in [4.78, 5) is 18.3. The Morgan fingerprint density at radius 3 is 2.70 bits per heavy atom. The minimum Gasteiger partial charge on any atom is -0.486 e. The molecule has 150 valence electrons. The molecule has 0 radical (unpaired) electrons. The molecule has 0 unspecified atom stereocenters. The van der Waals surface area contributed by atoms with E-state index in [4.69, 9.17) is 14.5 Å². The van der Waals surface area contributed by atoms with Gasteiger partial charge in [0.1, 0.15) is 18.2 Å². The summed E-state index contributed by atoms with van der Waals surface area (Å²) in [7, 11) is 0. The molecule has 30 heavy (non-hydrogen) atoms. The molecule has 0 saturated carbocycles. The average molecular weight is 435 g/mol. The summed E-state index contributed by atoms with van der Waals surface area (Å²) in [5, 5.41) is 3.93. The first-order valence-corrected chi connectivity index (χ1v) is 11.3. The molecule has 1 N–H and O–H groups in total. The van der Waals surface area contributed by atoms with Crippen LogP contribution in [0.2, 0.25) is 0 Å². The molecule has 1 aliphatic rings. The monoisotopic (exact) mass is 434 g/mol. The zero-order valence-corrected chi connectivity index (χ0v) is 17.6. The van der Waals surface area contributed by atoms with Crippen LogP contribution < -0.4 is 14.8 Å². The average Bonchev–Trinajstić information content (AvgIpc) is 3.22. The number of thioether (sulfide) groups is 1. The van der Waals surface area contributed by atoms with E-state index in [-0.39, 0.29) is 5.91 Å². The van der Waals surface area contributed by atoms with Gasteiger partial charge in [-0.1, -0.05) is 24.3 Å². The van der Waals surface area contributed by atoms with Crippen molar-refractivity contribution in [3.05, 3.63) is 66.7 Å². The van der Waals surface area contributed by atoms with E-state index in [0.717, 1.165) is 42.9 Å². The Kier molecular flexibility index (Phi) is 5.29. The molecule has 7 heteroatoms. The smallest absolute Gasteiger partial charge is 0.234 e. The Balaban J connectivity index is 1.29. The summed E-state index contributed by atoms with van der Waals surface area (Å²) in [5.41, 5.74) is 2.66. The highest BCUT2D eigenvalue weighted by Crippen LogP contribution is 2.36. The van der Waals surface area contributed by atoms with Crippen molar-refractivity contribution in [2.45, 2.75) is 4.90 Å². The second-order valence-electron chi connectivity index (χ2n) is 6.67. The molecule has 2 heterocycles. The Bertz CT molecular complexity index is 1190. The second-order valence-corrected chi connectivity index (χ2v) is 8.75. The highest BCUT2D eigenvalue weighted by atomic mass is 32.2. The van der Waals surface area contributed by atoms with Gasteiger partial charge in [0.05, 0.1) is 21.7 Å². The molecule has 1 amide bonds. The van der Waals surface area contributed by atoms with Crippen molar-refractivity contribution in [1.82, 2.24) is 4.98 Å². The SMILES string of the molecule is O=C(CSc1ccc2c(c1)OCCO2)Nc1ccccc1-c1nc2ccccc2s1. The minimum atomic E-state index is -0.0662. The summed E-state index contributed by atoms with van der Waals surface area (Å²) in [6.07, 6.45) is 0. The molecule has 0 aliphatic carbocycles.